The summed E-state index contributed by atoms with van der Waals surface area (Å²) in [7, 11) is 3.56. The number of benzene rings is 1. The van der Waals surface area contributed by atoms with Crippen LogP contribution in [0.3, 0.4) is 0 Å². The summed E-state index contributed by atoms with van der Waals surface area (Å²) >= 11 is 1.40. The van der Waals surface area contributed by atoms with Gasteiger partial charge in [0.05, 0.1) is 12.7 Å². The number of para-hydroxylation sites is 2. The van der Waals surface area contributed by atoms with Crippen molar-refractivity contribution in [2.75, 3.05) is 32.6 Å². The number of carbonyl (C=O) groups is 2. The van der Waals surface area contributed by atoms with E-state index in [1.165, 1.54) is 18.4 Å². The van der Waals surface area contributed by atoms with E-state index in [9.17, 15) is 9.59 Å². The van der Waals surface area contributed by atoms with E-state index < -0.39 is 5.91 Å². The summed E-state index contributed by atoms with van der Waals surface area (Å²) < 4.78 is 10.7. The molecule has 7 nitrogen and oxygen atoms in total. The average Bonchev–Trinajstić information content (AvgIpc) is 2.97. The SMILES string of the molecule is COc1ccccc1OCC(=O)Nc1sc2c(c1C(N)=O)CCN(C)C2.Cl. The maximum atomic E-state index is 12.3. The Labute approximate surface area is 167 Å². The lowest BCUT2D eigenvalue weighted by molar-refractivity contribution is -0.118. The van der Waals surface area contributed by atoms with Crippen LogP contribution in [0.4, 0.5) is 5.00 Å². The number of amides is 2. The average molecular weight is 412 g/mol. The molecule has 1 aromatic heterocycles. The van der Waals surface area contributed by atoms with Crippen LogP contribution < -0.4 is 20.5 Å². The van der Waals surface area contributed by atoms with Crippen LogP contribution in [0.5, 0.6) is 11.5 Å². The summed E-state index contributed by atoms with van der Waals surface area (Å²) in [5, 5.41) is 3.26. The van der Waals surface area contributed by atoms with Crippen molar-refractivity contribution >= 4 is 40.6 Å². The predicted molar refractivity (Wildman–Crippen MR) is 107 cm³/mol. The number of thiophene rings is 1. The van der Waals surface area contributed by atoms with Gasteiger partial charge in [0.25, 0.3) is 11.8 Å². The Morgan fingerprint density at radius 3 is 2.67 bits per heavy atom. The molecular formula is C18H22ClN3O4S. The first-order chi connectivity index (χ1) is 12.5. The van der Waals surface area contributed by atoms with Crippen LogP contribution in [0.2, 0.25) is 0 Å². The number of fused-ring (bicyclic) bond motifs is 1. The molecule has 0 radical (unpaired) electrons. The van der Waals surface area contributed by atoms with Crippen LogP contribution in [0.25, 0.3) is 0 Å². The fourth-order valence-electron chi connectivity index (χ4n) is 2.92. The summed E-state index contributed by atoms with van der Waals surface area (Å²) in [4.78, 5) is 27.4. The maximum absolute atomic E-state index is 12.3. The molecule has 0 atom stereocenters. The van der Waals surface area contributed by atoms with Gasteiger partial charge in [-0.3, -0.25) is 9.59 Å². The molecule has 0 saturated carbocycles. The van der Waals surface area contributed by atoms with Crippen molar-refractivity contribution in [1.29, 1.82) is 0 Å². The van der Waals surface area contributed by atoms with Crippen LogP contribution >= 0.6 is 23.7 Å². The second-order valence-corrected chi connectivity index (χ2v) is 7.15. The van der Waals surface area contributed by atoms with Gasteiger partial charge in [0.15, 0.2) is 18.1 Å². The second-order valence-electron chi connectivity index (χ2n) is 6.05. The minimum Gasteiger partial charge on any atom is -0.493 e. The van der Waals surface area contributed by atoms with Gasteiger partial charge in [0.1, 0.15) is 5.00 Å². The van der Waals surface area contributed by atoms with Crippen LogP contribution in [-0.4, -0.2) is 44.0 Å². The second kappa shape index (κ2) is 9.07. The first-order valence-electron chi connectivity index (χ1n) is 8.18. The third-order valence-corrected chi connectivity index (χ3v) is 5.31. The Morgan fingerprint density at radius 1 is 1.30 bits per heavy atom. The van der Waals surface area contributed by atoms with Crippen LogP contribution in [0.15, 0.2) is 24.3 Å². The molecule has 2 heterocycles. The van der Waals surface area contributed by atoms with Gasteiger partial charge in [0, 0.05) is 18.0 Å². The van der Waals surface area contributed by atoms with E-state index in [2.05, 4.69) is 10.2 Å². The highest BCUT2D eigenvalue weighted by Gasteiger charge is 2.26. The number of nitrogens with two attached hydrogens (primary N) is 1. The largest absolute Gasteiger partial charge is 0.493 e. The lowest BCUT2D eigenvalue weighted by Crippen LogP contribution is -2.27. The zero-order chi connectivity index (χ0) is 18.7. The number of rotatable bonds is 6. The fourth-order valence-corrected chi connectivity index (χ4v) is 4.27. The summed E-state index contributed by atoms with van der Waals surface area (Å²) in [6, 6.07) is 7.09. The highest BCUT2D eigenvalue weighted by atomic mass is 35.5. The third-order valence-electron chi connectivity index (χ3n) is 4.17. The summed E-state index contributed by atoms with van der Waals surface area (Å²) in [6.45, 7) is 1.41. The van der Waals surface area contributed by atoms with Crippen molar-refractivity contribution in [2.45, 2.75) is 13.0 Å². The first kappa shape index (κ1) is 21.0. The van der Waals surface area contributed by atoms with E-state index in [1.807, 2.05) is 13.1 Å². The number of likely N-dealkylation sites (N-methyl/N-ethyl adjacent to an activating group) is 1. The van der Waals surface area contributed by atoms with Crippen molar-refractivity contribution < 1.29 is 19.1 Å². The van der Waals surface area contributed by atoms with Gasteiger partial charge in [-0.1, -0.05) is 12.1 Å². The van der Waals surface area contributed by atoms with Crippen molar-refractivity contribution in [2.24, 2.45) is 5.73 Å². The van der Waals surface area contributed by atoms with E-state index in [1.54, 1.807) is 18.2 Å². The van der Waals surface area contributed by atoms with Crippen molar-refractivity contribution in [1.82, 2.24) is 4.90 Å². The van der Waals surface area contributed by atoms with Crippen LogP contribution in [0, 0.1) is 0 Å². The summed E-state index contributed by atoms with van der Waals surface area (Å²) in [5.74, 6) is 0.151. The Kier molecular flexibility index (Phi) is 7.06. The van der Waals surface area contributed by atoms with E-state index >= 15 is 0 Å². The molecule has 0 spiro atoms. The molecule has 3 rings (SSSR count). The molecule has 3 N–H and O–H groups in total. The number of nitrogens with one attached hydrogen (secondary N) is 1. The summed E-state index contributed by atoms with van der Waals surface area (Å²) in [5.41, 5.74) is 6.92. The Balaban J connectivity index is 0.00000261. The normalized spacial score (nSPS) is 13.3. The number of methoxy groups -OCH3 is 1. The zero-order valence-electron chi connectivity index (χ0n) is 15.1. The molecule has 0 unspecified atom stereocenters. The molecule has 1 aliphatic rings. The predicted octanol–water partition coefficient (Wildman–Crippen LogP) is 2.28. The molecule has 2 amide bonds. The smallest absolute Gasteiger partial charge is 0.262 e. The van der Waals surface area contributed by atoms with Crippen molar-refractivity contribution in [3.63, 3.8) is 0 Å². The number of primary amides is 1. The van der Waals surface area contributed by atoms with Gasteiger partial charge in [0.2, 0.25) is 0 Å². The Morgan fingerprint density at radius 2 is 2.00 bits per heavy atom. The van der Waals surface area contributed by atoms with E-state index in [4.69, 9.17) is 15.2 Å². The molecule has 0 aliphatic carbocycles. The summed E-state index contributed by atoms with van der Waals surface area (Å²) in [6.07, 6.45) is 0.744. The standard InChI is InChI=1S/C18H21N3O4S.ClH/c1-21-8-7-11-14(9-21)26-18(16(11)17(19)23)20-15(22)10-25-13-6-4-3-5-12(13)24-2;/h3-6H,7-10H2,1-2H3,(H2,19,23)(H,20,22);1H. The van der Waals surface area contributed by atoms with E-state index in [0.717, 1.165) is 30.0 Å². The maximum Gasteiger partial charge on any atom is 0.262 e. The van der Waals surface area contributed by atoms with Crippen molar-refractivity contribution in [3.05, 3.63) is 40.3 Å². The topological polar surface area (TPSA) is 93.9 Å². The highest BCUT2D eigenvalue weighted by molar-refractivity contribution is 7.17. The number of carbonyl (C=O) groups excluding carboxylic acids is 2. The minimum atomic E-state index is -0.520. The number of hydrogen-bond donors (Lipinski definition) is 2. The molecular weight excluding hydrogens is 390 g/mol. The van der Waals surface area contributed by atoms with E-state index in [-0.39, 0.29) is 24.9 Å². The third kappa shape index (κ3) is 4.71. The van der Waals surface area contributed by atoms with Crippen LogP contribution in [-0.2, 0) is 17.8 Å². The molecule has 2 aromatic rings. The Bertz CT molecular complexity index is 840. The number of halogens is 1. The number of nitrogens with zero attached hydrogens (tertiary/aromatic N) is 1. The van der Waals surface area contributed by atoms with Gasteiger partial charge in [-0.25, -0.2) is 0 Å². The number of ether oxygens (including phenoxy) is 2. The van der Waals surface area contributed by atoms with Crippen molar-refractivity contribution in [3.8, 4) is 11.5 Å². The molecule has 146 valence electrons. The fraction of sp³-hybridized carbons (Fsp3) is 0.333. The van der Waals surface area contributed by atoms with Gasteiger partial charge in [-0.2, -0.15) is 0 Å². The Hall–Kier alpha value is -2.29. The molecule has 27 heavy (non-hydrogen) atoms. The monoisotopic (exact) mass is 411 g/mol. The molecule has 0 fully saturated rings. The molecule has 0 bridgehead atoms. The molecule has 9 heteroatoms. The lowest BCUT2D eigenvalue weighted by atomic mass is 10.0. The highest BCUT2D eigenvalue weighted by Crippen LogP contribution is 2.36. The quantitative estimate of drug-likeness (QED) is 0.760. The molecule has 1 aromatic carbocycles. The zero-order valence-corrected chi connectivity index (χ0v) is 16.7. The van der Waals surface area contributed by atoms with Gasteiger partial charge >= 0.3 is 0 Å². The van der Waals surface area contributed by atoms with Gasteiger partial charge < -0.3 is 25.4 Å². The molecule has 1 aliphatic heterocycles. The van der Waals surface area contributed by atoms with E-state index in [0.29, 0.717) is 22.1 Å². The first-order valence-corrected chi connectivity index (χ1v) is 8.99. The van der Waals surface area contributed by atoms with Gasteiger partial charge in [-0.15, -0.1) is 23.7 Å². The minimum absolute atomic E-state index is 0. The lowest BCUT2D eigenvalue weighted by Gasteiger charge is -2.22. The number of hydrogen-bond acceptors (Lipinski definition) is 6. The molecule has 0 saturated heterocycles. The number of anilines is 1. The van der Waals surface area contributed by atoms with Crippen LogP contribution in [0.1, 0.15) is 20.8 Å². The van der Waals surface area contributed by atoms with Gasteiger partial charge in [-0.05, 0) is 31.2 Å².